The molecule has 35 heavy (non-hydrogen) atoms. The first-order chi connectivity index (χ1) is 17.0. The van der Waals surface area contributed by atoms with Gasteiger partial charge >= 0.3 is 0 Å². The summed E-state index contributed by atoms with van der Waals surface area (Å²) in [5, 5.41) is 13.6. The van der Waals surface area contributed by atoms with E-state index in [0.717, 1.165) is 69.3 Å². The highest BCUT2D eigenvalue weighted by atomic mass is 15.3. The van der Waals surface area contributed by atoms with Gasteiger partial charge in [0.2, 0.25) is 0 Å². The van der Waals surface area contributed by atoms with Crippen molar-refractivity contribution >= 4 is 0 Å². The summed E-state index contributed by atoms with van der Waals surface area (Å²) in [7, 11) is 3.90. The lowest BCUT2D eigenvalue weighted by Crippen LogP contribution is -2.09. The second-order valence-corrected chi connectivity index (χ2v) is 9.39. The van der Waals surface area contributed by atoms with Crippen LogP contribution in [-0.2, 0) is 33.4 Å². The smallest absolute Gasteiger partial charge is 0.133 e. The van der Waals surface area contributed by atoms with Crippen LogP contribution in [0, 0.1) is 0 Å². The number of nitrogens with zero attached hydrogens (tertiary/aromatic N) is 9. The lowest BCUT2D eigenvalue weighted by atomic mass is 9.91. The van der Waals surface area contributed by atoms with Crippen molar-refractivity contribution < 1.29 is 0 Å². The zero-order valence-corrected chi connectivity index (χ0v) is 20.3. The summed E-state index contributed by atoms with van der Waals surface area (Å²) in [4.78, 5) is 14.4. The molecule has 0 radical (unpaired) electrons. The van der Waals surface area contributed by atoms with Gasteiger partial charge in [-0.15, -0.1) is 0 Å². The Hall–Kier alpha value is -4.14. The predicted molar refractivity (Wildman–Crippen MR) is 132 cm³/mol. The van der Waals surface area contributed by atoms with Gasteiger partial charge in [-0.05, 0) is 49.9 Å². The van der Waals surface area contributed by atoms with Crippen LogP contribution in [0.3, 0.4) is 0 Å². The van der Waals surface area contributed by atoms with Gasteiger partial charge in [-0.2, -0.15) is 15.3 Å². The Morgan fingerprint density at radius 1 is 0.914 bits per heavy atom. The van der Waals surface area contributed by atoms with Crippen LogP contribution in [-0.4, -0.2) is 44.3 Å². The van der Waals surface area contributed by atoms with Crippen LogP contribution in [0.5, 0.6) is 0 Å². The molecule has 0 spiro atoms. The van der Waals surface area contributed by atoms with Crippen LogP contribution in [0.2, 0.25) is 0 Å². The lowest BCUT2D eigenvalue weighted by molar-refractivity contribution is 0.532. The Morgan fingerprint density at radius 2 is 1.80 bits per heavy atom. The molecule has 5 heterocycles. The van der Waals surface area contributed by atoms with Crippen molar-refractivity contribution in [3.8, 4) is 33.8 Å². The van der Waals surface area contributed by atoms with Crippen molar-refractivity contribution in [3.05, 3.63) is 72.0 Å². The van der Waals surface area contributed by atoms with E-state index in [1.165, 1.54) is 0 Å². The van der Waals surface area contributed by atoms with E-state index in [4.69, 9.17) is 15.1 Å². The average molecular weight is 466 g/mol. The number of hydrogen-bond donors (Lipinski definition) is 0. The number of pyridine rings is 1. The zero-order chi connectivity index (χ0) is 24.1. The molecule has 0 saturated heterocycles. The van der Waals surface area contributed by atoms with Crippen molar-refractivity contribution in [2.45, 2.75) is 39.2 Å². The van der Waals surface area contributed by atoms with E-state index in [2.05, 4.69) is 41.3 Å². The number of aryl methyl sites for hydroxylation is 4. The van der Waals surface area contributed by atoms with Crippen LogP contribution < -0.4 is 0 Å². The number of fused-ring (bicyclic) bond motifs is 3. The van der Waals surface area contributed by atoms with Gasteiger partial charge in [-0.25, -0.2) is 9.97 Å². The molecule has 9 heteroatoms. The first-order valence-electron chi connectivity index (χ1n) is 11.9. The third-order valence-electron chi connectivity index (χ3n) is 6.49. The number of rotatable bonds is 5. The highest BCUT2D eigenvalue weighted by Crippen LogP contribution is 2.39. The summed E-state index contributed by atoms with van der Waals surface area (Å²) >= 11 is 0. The summed E-state index contributed by atoms with van der Waals surface area (Å²) in [5.41, 5.74) is 9.34. The molecule has 176 valence electrons. The SMILES string of the molecule is CC(C)n1cc(Cc2ncc3c(n2)-c2c(nn(C)c2-c2ccc(-c4cnn(C)c4)nc2)CC3)cn1. The summed E-state index contributed by atoms with van der Waals surface area (Å²) < 4.78 is 5.70. The maximum atomic E-state index is 5.04. The van der Waals surface area contributed by atoms with Gasteiger partial charge in [-0.3, -0.25) is 19.0 Å². The van der Waals surface area contributed by atoms with Crippen LogP contribution in [0.1, 0.15) is 42.5 Å². The minimum absolute atomic E-state index is 0.326. The molecule has 1 aliphatic carbocycles. The Morgan fingerprint density at radius 3 is 2.51 bits per heavy atom. The molecule has 0 amide bonds. The molecule has 0 N–H and O–H groups in total. The molecule has 0 bridgehead atoms. The van der Waals surface area contributed by atoms with Gasteiger partial charge in [0.1, 0.15) is 5.82 Å². The molecule has 9 nitrogen and oxygen atoms in total. The van der Waals surface area contributed by atoms with E-state index >= 15 is 0 Å². The van der Waals surface area contributed by atoms with E-state index in [1.54, 1.807) is 4.68 Å². The molecule has 0 atom stereocenters. The minimum Gasteiger partial charge on any atom is -0.275 e. The fourth-order valence-electron chi connectivity index (χ4n) is 4.71. The topological polar surface area (TPSA) is 92.1 Å². The molecule has 0 aliphatic heterocycles. The molecular weight excluding hydrogens is 438 g/mol. The van der Waals surface area contributed by atoms with Crippen molar-refractivity contribution in [1.29, 1.82) is 0 Å². The van der Waals surface area contributed by atoms with Crippen molar-refractivity contribution in [2.24, 2.45) is 14.1 Å². The van der Waals surface area contributed by atoms with E-state index in [9.17, 15) is 0 Å². The Balaban J connectivity index is 1.38. The average Bonchev–Trinajstić information content (AvgIpc) is 3.57. The van der Waals surface area contributed by atoms with Gasteiger partial charge in [0.05, 0.1) is 35.2 Å². The molecule has 5 aromatic heterocycles. The third-order valence-corrected chi connectivity index (χ3v) is 6.49. The van der Waals surface area contributed by atoms with Gasteiger partial charge in [0.15, 0.2) is 0 Å². The number of hydrogen-bond acceptors (Lipinski definition) is 6. The fourth-order valence-corrected chi connectivity index (χ4v) is 4.71. The number of aromatic nitrogens is 9. The normalized spacial score (nSPS) is 12.7. The van der Waals surface area contributed by atoms with Gasteiger partial charge in [0.25, 0.3) is 0 Å². The van der Waals surface area contributed by atoms with Crippen LogP contribution in [0.4, 0.5) is 0 Å². The Bertz CT molecular complexity index is 1520. The molecule has 5 aromatic rings. The van der Waals surface area contributed by atoms with Crippen molar-refractivity contribution in [1.82, 2.24) is 44.3 Å². The highest BCUT2D eigenvalue weighted by molar-refractivity contribution is 5.84. The highest BCUT2D eigenvalue weighted by Gasteiger charge is 2.27. The first-order valence-corrected chi connectivity index (χ1v) is 11.9. The maximum absolute atomic E-state index is 5.04. The van der Waals surface area contributed by atoms with Crippen LogP contribution in [0.15, 0.2) is 49.3 Å². The summed E-state index contributed by atoms with van der Waals surface area (Å²) in [6.45, 7) is 4.24. The monoisotopic (exact) mass is 465 g/mol. The molecule has 1 aliphatic rings. The van der Waals surface area contributed by atoms with E-state index in [0.29, 0.717) is 12.5 Å². The second-order valence-electron chi connectivity index (χ2n) is 9.39. The molecule has 0 saturated carbocycles. The minimum atomic E-state index is 0.326. The van der Waals surface area contributed by atoms with Gasteiger partial charge in [0, 0.05) is 68.0 Å². The molecule has 0 unspecified atom stereocenters. The Kier molecular flexibility index (Phi) is 5.05. The Labute approximate surface area is 203 Å². The molecule has 0 aromatic carbocycles. The maximum Gasteiger partial charge on any atom is 0.133 e. The van der Waals surface area contributed by atoms with E-state index in [-0.39, 0.29) is 0 Å². The molecule has 6 rings (SSSR count). The zero-order valence-electron chi connectivity index (χ0n) is 20.3. The van der Waals surface area contributed by atoms with Crippen molar-refractivity contribution in [2.75, 3.05) is 0 Å². The summed E-state index contributed by atoms with van der Waals surface area (Å²) in [6.07, 6.45) is 14.1. The van der Waals surface area contributed by atoms with Crippen molar-refractivity contribution in [3.63, 3.8) is 0 Å². The third kappa shape index (κ3) is 3.82. The second kappa shape index (κ2) is 8.26. The largest absolute Gasteiger partial charge is 0.275 e. The van der Waals surface area contributed by atoms with Gasteiger partial charge in [-0.1, -0.05) is 0 Å². The molecule has 0 fully saturated rings. The molecular formula is C26H27N9. The standard InChI is InChI=1S/C26H27N9/c1-16(2)35-14-17(10-30-35)9-23-28-11-18-5-8-22-24(25(18)31-23)26(34(4)32-22)19-6-7-21(27-12-19)20-13-29-33(3)15-20/h6-7,10-16H,5,8-9H2,1-4H3. The van der Waals surface area contributed by atoms with E-state index < -0.39 is 0 Å². The summed E-state index contributed by atoms with van der Waals surface area (Å²) in [5.74, 6) is 0.791. The lowest BCUT2D eigenvalue weighted by Gasteiger charge is -2.16. The predicted octanol–water partition coefficient (Wildman–Crippen LogP) is 3.81. The van der Waals surface area contributed by atoms with Gasteiger partial charge < -0.3 is 0 Å². The summed E-state index contributed by atoms with van der Waals surface area (Å²) in [6, 6.07) is 4.46. The van der Waals surface area contributed by atoms with Crippen LogP contribution in [0.25, 0.3) is 33.8 Å². The van der Waals surface area contributed by atoms with Crippen LogP contribution >= 0.6 is 0 Å². The first kappa shape index (κ1) is 21.4. The van der Waals surface area contributed by atoms with E-state index in [1.807, 2.05) is 60.5 Å². The fraction of sp³-hybridized carbons (Fsp3) is 0.308. The quantitative estimate of drug-likeness (QED) is 0.392.